The number of fused-ring (bicyclic) bond motifs is 1. The van der Waals surface area contributed by atoms with Gasteiger partial charge in [-0.2, -0.15) is 0 Å². The molecule has 2 aromatic heterocycles. The van der Waals surface area contributed by atoms with Crippen molar-refractivity contribution in [3.05, 3.63) is 53.9 Å². The van der Waals surface area contributed by atoms with Crippen LogP contribution in [0.5, 0.6) is 0 Å². The number of nitrogens with one attached hydrogen (secondary N) is 1. The van der Waals surface area contributed by atoms with Crippen LogP contribution in [-0.2, 0) is 6.42 Å². The summed E-state index contributed by atoms with van der Waals surface area (Å²) in [5.41, 5.74) is 6.29. The molecule has 1 aliphatic carbocycles. The minimum absolute atomic E-state index is 0.0167. The Kier molecular flexibility index (Phi) is 3.48. The topological polar surface area (TPSA) is 76.7 Å². The fraction of sp³-hybridized carbons (Fsp3) is 0.357. The Morgan fingerprint density at radius 3 is 3.00 bits per heavy atom. The van der Waals surface area contributed by atoms with Crippen molar-refractivity contribution >= 4 is 0 Å². The van der Waals surface area contributed by atoms with Crippen LogP contribution >= 0.6 is 0 Å². The summed E-state index contributed by atoms with van der Waals surface area (Å²) in [6.45, 7) is 0. The maximum absolute atomic E-state index is 5.75. The zero-order valence-corrected chi connectivity index (χ0v) is 10.7. The Hall–Kier alpha value is -1.85. The summed E-state index contributed by atoms with van der Waals surface area (Å²) in [7, 11) is 0. The van der Waals surface area contributed by atoms with Gasteiger partial charge in [0, 0.05) is 24.0 Å². The lowest BCUT2D eigenvalue weighted by atomic mass is 9.81. The number of hydrazine groups is 1. The van der Waals surface area contributed by atoms with Crippen molar-refractivity contribution in [1.29, 1.82) is 0 Å². The third-order valence-corrected chi connectivity index (χ3v) is 3.74. The van der Waals surface area contributed by atoms with Gasteiger partial charge in [0.1, 0.15) is 6.33 Å². The van der Waals surface area contributed by atoms with Gasteiger partial charge in [-0.05, 0) is 37.0 Å². The predicted molar refractivity (Wildman–Crippen MR) is 72.0 cm³/mol. The van der Waals surface area contributed by atoms with Crippen LogP contribution in [0.4, 0.5) is 0 Å². The summed E-state index contributed by atoms with van der Waals surface area (Å²) >= 11 is 0. The highest BCUT2D eigenvalue weighted by molar-refractivity contribution is 5.29. The summed E-state index contributed by atoms with van der Waals surface area (Å²) < 4.78 is 0. The summed E-state index contributed by atoms with van der Waals surface area (Å²) in [6.07, 6.45) is 8.48. The van der Waals surface area contributed by atoms with E-state index in [2.05, 4.69) is 26.4 Å². The second kappa shape index (κ2) is 5.42. The van der Waals surface area contributed by atoms with Gasteiger partial charge in [-0.25, -0.2) is 9.97 Å². The van der Waals surface area contributed by atoms with Gasteiger partial charge in [-0.15, -0.1) is 0 Å². The molecule has 0 saturated carbocycles. The van der Waals surface area contributed by atoms with E-state index in [1.165, 1.54) is 5.56 Å². The lowest BCUT2D eigenvalue weighted by Gasteiger charge is -2.30. The molecular formula is C14H17N5. The Morgan fingerprint density at radius 2 is 2.21 bits per heavy atom. The largest absolute Gasteiger partial charge is 0.271 e. The summed E-state index contributed by atoms with van der Waals surface area (Å²) in [6, 6.07) is 6.04. The number of aromatic nitrogens is 3. The first-order valence-electron chi connectivity index (χ1n) is 6.56. The van der Waals surface area contributed by atoms with Crippen molar-refractivity contribution in [3.8, 4) is 0 Å². The van der Waals surface area contributed by atoms with E-state index in [9.17, 15) is 0 Å². The van der Waals surface area contributed by atoms with Crippen LogP contribution in [0.3, 0.4) is 0 Å². The van der Waals surface area contributed by atoms with Crippen molar-refractivity contribution < 1.29 is 0 Å². The Bertz CT molecular complexity index is 543. The molecule has 0 fully saturated rings. The fourth-order valence-electron chi connectivity index (χ4n) is 2.86. The van der Waals surface area contributed by atoms with Crippen LogP contribution in [0.25, 0.3) is 0 Å². The van der Waals surface area contributed by atoms with Gasteiger partial charge in [0.15, 0.2) is 0 Å². The average molecular weight is 255 g/mol. The molecular weight excluding hydrogens is 238 g/mol. The standard InChI is InChI=1S/C14H17N5/c15-19-14(12-6-8-16-9-18-12)11-5-1-3-10-4-2-7-17-13(10)11/h2,4,6-9,11,14,19H,1,3,5,15H2. The highest BCUT2D eigenvalue weighted by Gasteiger charge is 2.30. The predicted octanol–water partition coefficient (Wildman–Crippen LogP) is 1.50. The van der Waals surface area contributed by atoms with E-state index in [1.807, 2.05) is 18.3 Å². The van der Waals surface area contributed by atoms with Gasteiger partial charge >= 0.3 is 0 Å². The third-order valence-electron chi connectivity index (χ3n) is 3.74. The Labute approximate surface area is 112 Å². The van der Waals surface area contributed by atoms with E-state index in [4.69, 9.17) is 5.84 Å². The smallest absolute Gasteiger partial charge is 0.115 e. The number of aryl methyl sites for hydroxylation is 1. The molecule has 0 amide bonds. The summed E-state index contributed by atoms with van der Waals surface area (Å²) in [5.74, 6) is 6.02. The van der Waals surface area contributed by atoms with Gasteiger partial charge < -0.3 is 0 Å². The first-order valence-corrected chi connectivity index (χ1v) is 6.56. The highest BCUT2D eigenvalue weighted by Crippen LogP contribution is 2.37. The molecule has 2 heterocycles. The molecule has 0 aromatic carbocycles. The Morgan fingerprint density at radius 1 is 1.26 bits per heavy atom. The molecule has 0 radical (unpaired) electrons. The van der Waals surface area contributed by atoms with Crippen LogP contribution in [0, 0.1) is 0 Å². The van der Waals surface area contributed by atoms with Crippen LogP contribution in [0.1, 0.15) is 41.8 Å². The molecule has 19 heavy (non-hydrogen) atoms. The lowest BCUT2D eigenvalue weighted by Crippen LogP contribution is -2.35. The number of rotatable bonds is 3. The molecule has 0 aliphatic heterocycles. The molecule has 3 N–H and O–H groups in total. The van der Waals surface area contributed by atoms with Crippen LogP contribution < -0.4 is 11.3 Å². The highest BCUT2D eigenvalue weighted by atomic mass is 15.2. The molecule has 5 nitrogen and oxygen atoms in total. The van der Waals surface area contributed by atoms with Gasteiger partial charge in [0.05, 0.1) is 11.7 Å². The second-order valence-electron chi connectivity index (χ2n) is 4.83. The van der Waals surface area contributed by atoms with Crippen molar-refractivity contribution in [2.75, 3.05) is 0 Å². The zero-order valence-electron chi connectivity index (χ0n) is 10.7. The normalized spacial score (nSPS) is 19.7. The van der Waals surface area contributed by atoms with Crippen molar-refractivity contribution in [2.45, 2.75) is 31.2 Å². The molecule has 2 atom stereocenters. The van der Waals surface area contributed by atoms with Gasteiger partial charge in [0.25, 0.3) is 0 Å². The van der Waals surface area contributed by atoms with E-state index >= 15 is 0 Å². The van der Waals surface area contributed by atoms with Crippen LogP contribution in [-0.4, -0.2) is 15.0 Å². The van der Waals surface area contributed by atoms with Crippen molar-refractivity contribution in [3.63, 3.8) is 0 Å². The lowest BCUT2D eigenvalue weighted by molar-refractivity contribution is 0.392. The summed E-state index contributed by atoms with van der Waals surface area (Å²) in [5, 5.41) is 0. The minimum atomic E-state index is -0.0167. The average Bonchev–Trinajstić information content (AvgIpc) is 2.49. The van der Waals surface area contributed by atoms with E-state index in [1.54, 1.807) is 12.5 Å². The SMILES string of the molecule is NNC(c1ccncn1)C1CCCc2cccnc21. The molecule has 1 aliphatic rings. The molecule has 2 unspecified atom stereocenters. The number of hydrogen-bond acceptors (Lipinski definition) is 5. The quantitative estimate of drug-likeness (QED) is 0.642. The number of pyridine rings is 1. The maximum atomic E-state index is 5.75. The number of nitrogens with two attached hydrogens (primary N) is 1. The molecule has 5 heteroatoms. The first-order chi connectivity index (χ1) is 9.40. The van der Waals surface area contributed by atoms with E-state index in [0.29, 0.717) is 0 Å². The molecule has 0 saturated heterocycles. The second-order valence-corrected chi connectivity index (χ2v) is 4.83. The Balaban J connectivity index is 1.97. The van der Waals surface area contributed by atoms with Crippen LogP contribution in [0.15, 0.2) is 36.9 Å². The number of nitrogens with zero attached hydrogens (tertiary/aromatic N) is 3. The van der Waals surface area contributed by atoms with E-state index < -0.39 is 0 Å². The van der Waals surface area contributed by atoms with Gasteiger partial charge in [0.2, 0.25) is 0 Å². The molecule has 2 aromatic rings. The molecule has 3 rings (SSSR count). The zero-order chi connectivity index (χ0) is 13.1. The van der Waals surface area contributed by atoms with Crippen LogP contribution in [0.2, 0.25) is 0 Å². The minimum Gasteiger partial charge on any atom is -0.271 e. The summed E-state index contributed by atoms with van der Waals surface area (Å²) in [4.78, 5) is 12.8. The molecule has 98 valence electrons. The number of hydrogen-bond donors (Lipinski definition) is 2. The molecule has 0 spiro atoms. The molecule has 0 bridgehead atoms. The van der Waals surface area contributed by atoms with Gasteiger partial charge in [-0.3, -0.25) is 16.3 Å². The van der Waals surface area contributed by atoms with Crippen molar-refractivity contribution in [1.82, 2.24) is 20.4 Å². The fourth-order valence-corrected chi connectivity index (χ4v) is 2.86. The third kappa shape index (κ3) is 2.34. The monoisotopic (exact) mass is 255 g/mol. The van der Waals surface area contributed by atoms with Gasteiger partial charge in [-0.1, -0.05) is 6.07 Å². The maximum Gasteiger partial charge on any atom is 0.115 e. The van der Waals surface area contributed by atoms with Crippen molar-refractivity contribution in [2.24, 2.45) is 5.84 Å². The van der Waals surface area contributed by atoms with E-state index in [-0.39, 0.29) is 12.0 Å². The first kappa shape index (κ1) is 12.2. The van der Waals surface area contributed by atoms with E-state index in [0.717, 1.165) is 30.7 Å².